The highest BCUT2D eigenvalue weighted by Gasteiger charge is 2.31. The summed E-state index contributed by atoms with van der Waals surface area (Å²) >= 11 is 0. The zero-order valence-electron chi connectivity index (χ0n) is 13.4. The Balaban J connectivity index is 1.71. The molecule has 0 spiro atoms. The van der Waals surface area contributed by atoms with Crippen LogP contribution in [0.4, 0.5) is 4.39 Å². The van der Waals surface area contributed by atoms with Crippen LogP contribution in [0.1, 0.15) is 28.6 Å². The van der Waals surface area contributed by atoms with Gasteiger partial charge >= 0.3 is 0 Å². The van der Waals surface area contributed by atoms with Crippen molar-refractivity contribution in [2.24, 2.45) is 0 Å². The predicted octanol–water partition coefficient (Wildman–Crippen LogP) is 2.73. The van der Waals surface area contributed by atoms with Gasteiger partial charge in [0.1, 0.15) is 5.82 Å². The number of halogens is 1. The van der Waals surface area contributed by atoms with E-state index in [1.807, 2.05) is 16.8 Å². The number of benzene rings is 2. The maximum absolute atomic E-state index is 13.3. The second kappa shape index (κ2) is 6.13. The molecule has 24 heavy (non-hydrogen) atoms. The van der Waals surface area contributed by atoms with Crippen molar-refractivity contribution in [3.05, 3.63) is 76.9 Å². The fourth-order valence-corrected chi connectivity index (χ4v) is 3.30. The Morgan fingerprint density at radius 1 is 1.12 bits per heavy atom. The number of aryl methyl sites for hydroxylation is 1. The number of aromatic nitrogens is 4. The minimum absolute atomic E-state index is 0.0742. The van der Waals surface area contributed by atoms with E-state index >= 15 is 0 Å². The van der Waals surface area contributed by atoms with Gasteiger partial charge < -0.3 is 0 Å². The van der Waals surface area contributed by atoms with Crippen LogP contribution in [0.3, 0.4) is 0 Å². The molecule has 0 saturated heterocycles. The van der Waals surface area contributed by atoms with E-state index in [1.54, 1.807) is 0 Å². The SMILES string of the molecule is Cc1cccc(CN2CCn3nnnc3[C@H]2c2ccc(F)cc2)c1. The maximum Gasteiger partial charge on any atom is 0.173 e. The minimum Gasteiger partial charge on any atom is -0.284 e. The van der Waals surface area contributed by atoms with Crippen molar-refractivity contribution < 1.29 is 4.39 Å². The van der Waals surface area contributed by atoms with Crippen molar-refractivity contribution in [1.29, 1.82) is 0 Å². The molecule has 2 aromatic carbocycles. The lowest BCUT2D eigenvalue weighted by atomic mass is 10.0. The molecule has 122 valence electrons. The molecule has 6 heteroatoms. The van der Waals surface area contributed by atoms with Crippen molar-refractivity contribution in [3.63, 3.8) is 0 Å². The first-order valence-electron chi connectivity index (χ1n) is 8.02. The quantitative estimate of drug-likeness (QED) is 0.743. The Kier molecular flexibility index (Phi) is 3.82. The molecule has 2 heterocycles. The number of fused-ring (bicyclic) bond motifs is 1. The van der Waals surface area contributed by atoms with Crippen molar-refractivity contribution in [2.75, 3.05) is 6.54 Å². The Morgan fingerprint density at radius 2 is 1.96 bits per heavy atom. The average molecular weight is 323 g/mol. The number of hydrogen-bond donors (Lipinski definition) is 0. The van der Waals surface area contributed by atoms with Crippen molar-refractivity contribution in [1.82, 2.24) is 25.1 Å². The molecule has 0 unspecified atom stereocenters. The van der Waals surface area contributed by atoms with Crippen LogP contribution in [0.2, 0.25) is 0 Å². The highest BCUT2D eigenvalue weighted by Crippen LogP contribution is 2.31. The number of hydrogen-bond acceptors (Lipinski definition) is 4. The molecular formula is C18H18FN5. The van der Waals surface area contributed by atoms with E-state index < -0.39 is 0 Å². The second-order valence-electron chi connectivity index (χ2n) is 6.17. The van der Waals surface area contributed by atoms with Crippen LogP contribution in [-0.4, -0.2) is 31.7 Å². The number of rotatable bonds is 3. The normalized spacial score (nSPS) is 17.7. The fraction of sp³-hybridized carbons (Fsp3) is 0.278. The van der Waals surface area contributed by atoms with Crippen molar-refractivity contribution in [3.8, 4) is 0 Å². The van der Waals surface area contributed by atoms with E-state index in [9.17, 15) is 4.39 Å². The van der Waals surface area contributed by atoms with Gasteiger partial charge in [-0.05, 0) is 40.6 Å². The molecule has 0 radical (unpaired) electrons. The molecule has 1 aliphatic heterocycles. The van der Waals surface area contributed by atoms with Gasteiger partial charge in [0.05, 0.1) is 12.6 Å². The van der Waals surface area contributed by atoms with Crippen molar-refractivity contribution >= 4 is 0 Å². The first-order chi connectivity index (χ1) is 11.7. The lowest BCUT2D eigenvalue weighted by Crippen LogP contribution is -2.39. The molecule has 1 aliphatic rings. The van der Waals surface area contributed by atoms with Crippen LogP contribution in [-0.2, 0) is 13.1 Å². The van der Waals surface area contributed by atoms with Gasteiger partial charge in [-0.1, -0.05) is 42.0 Å². The summed E-state index contributed by atoms with van der Waals surface area (Å²) in [6, 6.07) is 15.0. The highest BCUT2D eigenvalue weighted by molar-refractivity contribution is 5.28. The molecule has 0 saturated carbocycles. The summed E-state index contributed by atoms with van der Waals surface area (Å²) in [6.07, 6.45) is 0. The molecule has 0 amide bonds. The summed E-state index contributed by atoms with van der Waals surface area (Å²) in [5.74, 6) is 0.569. The summed E-state index contributed by atoms with van der Waals surface area (Å²) < 4.78 is 15.2. The first-order valence-corrected chi connectivity index (χ1v) is 8.02. The van der Waals surface area contributed by atoms with Crippen LogP contribution in [0.15, 0.2) is 48.5 Å². The molecule has 5 nitrogen and oxygen atoms in total. The number of nitrogens with zero attached hydrogens (tertiary/aromatic N) is 5. The van der Waals surface area contributed by atoms with E-state index in [-0.39, 0.29) is 11.9 Å². The lowest BCUT2D eigenvalue weighted by molar-refractivity contribution is 0.164. The number of tetrazole rings is 1. The summed E-state index contributed by atoms with van der Waals surface area (Å²) in [5, 5.41) is 12.1. The highest BCUT2D eigenvalue weighted by atomic mass is 19.1. The van der Waals surface area contributed by atoms with E-state index in [0.29, 0.717) is 0 Å². The predicted molar refractivity (Wildman–Crippen MR) is 87.6 cm³/mol. The zero-order chi connectivity index (χ0) is 16.5. The molecule has 1 aromatic heterocycles. The third-order valence-corrected chi connectivity index (χ3v) is 4.42. The summed E-state index contributed by atoms with van der Waals surface area (Å²) in [6.45, 7) is 4.49. The first kappa shape index (κ1) is 15.0. The van der Waals surface area contributed by atoms with Gasteiger partial charge in [-0.15, -0.1) is 5.10 Å². The summed E-state index contributed by atoms with van der Waals surface area (Å²) in [4.78, 5) is 2.34. The molecule has 0 aliphatic carbocycles. The van der Waals surface area contributed by atoms with Crippen LogP contribution >= 0.6 is 0 Å². The molecular weight excluding hydrogens is 305 g/mol. The lowest BCUT2D eigenvalue weighted by Gasteiger charge is -2.35. The zero-order valence-corrected chi connectivity index (χ0v) is 13.4. The smallest absolute Gasteiger partial charge is 0.173 e. The van der Waals surface area contributed by atoms with E-state index in [2.05, 4.69) is 51.6 Å². The standard InChI is InChI=1S/C18H18FN5/c1-13-3-2-4-14(11-13)12-23-9-10-24-18(20-21-22-24)17(23)15-5-7-16(19)8-6-15/h2-8,11,17H,9-10,12H2,1H3/t17-/m1/s1. The van der Waals surface area contributed by atoms with Gasteiger partial charge in [0.25, 0.3) is 0 Å². The molecule has 0 N–H and O–H groups in total. The molecule has 3 aromatic rings. The topological polar surface area (TPSA) is 46.8 Å². The van der Waals surface area contributed by atoms with Gasteiger partial charge in [-0.25, -0.2) is 9.07 Å². The van der Waals surface area contributed by atoms with Crippen LogP contribution in [0.25, 0.3) is 0 Å². The summed E-state index contributed by atoms with van der Waals surface area (Å²) in [5.41, 5.74) is 3.50. The van der Waals surface area contributed by atoms with Gasteiger partial charge in [0.15, 0.2) is 5.82 Å². The van der Waals surface area contributed by atoms with Crippen molar-refractivity contribution in [2.45, 2.75) is 26.1 Å². The Morgan fingerprint density at radius 3 is 2.75 bits per heavy atom. The Bertz CT molecular complexity index is 843. The molecule has 0 bridgehead atoms. The van der Waals surface area contributed by atoms with Gasteiger partial charge in [0.2, 0.25) is 0 Å². The minimum atomic E-state index is -0.237. The van der Waals surface area contributed by atoms with Crippen LogP contribution in [0, 0.1) is 12.7 Å². The van der Waals surface area contributed by atoms with Gasteiger partial charge in [-0.2, -0.15) is 0 Å². The Hall–Kier alpha value is -2.60. The molecule has 4 rings (SSSR count). The third kappa shape index (κ3) is 2.80. The maximum atomic E-state index is 13.3. The van der Waals surface area contributed by atoms with Gasteiger partial charge in [-0.3, -0.25) is 4.90 Å². The molecule has 0 fully saturated rings. The van der Waals surface area contributed by atoms with Crippen LogP contribution < -0.4 is 0 Å². The second-order valence-corrected chi connectivity index (χ2v) is 6.17. The van der Waals surface area contributed by atoms with E-state index in [0.717, 1.165) is 31.0 Å². The molecule has 1 atom stereocenters. The fourth-order valence-electron chi connectivity index (χ4n) is 3.30. The van der Waals surface area contributed by atoms with Gasteiger partial charge in [0, 0.05) is 13.1 Å². The average Bonchev–Trinajstić information content (AvgIpc) is 3.04. The largest absolute Gasteiger partial charge is 0.284 e. The Labute approximate surface area is 139 Å². The van der Waals surface area contributed by atoms with E-state index in [1.165, 1.54) is 23.3 Å². The monoisotopic (exact) mass is 323 g/mol. The van der Waals surface area contributed by atoms with E-state index in [4.69, 9.17) is 0 Å². The van der Waals surface area contributed by atoms with Crippen LogP contribution in [0.5, 0.6) is 0 Å². The summed E-state index contributed by atoms with van der Waals surface area (Å²) in [7, 11) is 0. The third-order valence-electron chi connectivity index (χ3n) is 4.42.